The smallest absolute Gasteiger partial charge is 0.435 e. The maximum absolute atomic E-state index is 14.1. The molecule has 2 N–H and O–H groups in total. The van der Waals surface area contributed by atoms with Crippen molar-refractivity contribution < 1.29 is 37.4 Å². The second-order valence-corrected chi connectivity index (χ2v) is 24.7. The van der Waals surface area contributed by atoms with Crippen LogP contribution in [0.5, 0.6) is 5.75 Å². The number of piperazine rings is 3. The van der Waals surface area contributed by atoms with Crippen molar-refractivity contribution in [2.75, 3.05) is 88.8 Å². The summed E-state index contributed by atoms with van der Waals surface area (Å²) in [4.78, 5) is 69.6. The normalized spacial score (nSPS) is 19.6. The number of hydrogen-bond acceptors (Lipinski definition) is 17. The molecule has 3 saturated heterocycles. The molecular weight excluding hydrogens is 979 g/mol. The summed E-state index contributed by atoms with van der Waals surface area (Å²) in [5.41, 5.74) is 2.64. The molecule has 3 aromatic heterocycles. The van der Waals surface area contributed by atoms with E-state index in [2.05, 4.69) is 69.0 Å². The van der Waals surface area contributed by atoms with Gasteiger partial charge in [0.25, 0.3) is 5.91 Å². The first kappa shape index (κ1) is 54.8. The Morgan fingerprint density at radius 2 is 1.53 bits per heavy atom. The highest BCUT2D eigenvalue weighted by Gasteiger charge is 2.38. The van der Waals surface area contributed by atoms with Crippen molar-refractivity contribution in [2.24, 2.45) is 0 Å². The third-order valence-corrected chi connectivity index (χ3v) is 16.9. The number of benzene rings is 2. The first-order valence-electron chi connectivity index (χ1n) is 25.8. The van der Waals surface area contributed by atoms with Crippen LogP contribution in [0.1, 0.15) is 89.0 Å². The van der Waals surface area contributed by atoms with E-state index in [0.717, 1.165) is 19.6 Å². The largest absolute Gasteiger partial charge is 0.492 e. The van der Waals surface area contributed by atoms with Crippen molar-refractivity contribution in [3.8, 4) is 5.75 Å². The lowest BCUT2D eigenvalue weighted by Gasteiger charge is -2.48. The van der Waals surface area contributed by atoms with E-state index in [1.807, 2.05) is 36.9 Å². The van der Waals surface area contributed by atoms with Crippen molar-refractivity contribution in [1.82, 2.24) is 54.2 Å². The number of ether oxygens (including phenoxy) is 2. The van der Waals surface area contributed by atoms with E-state index in [1.165, 1.54) is 22.6 Å². The van der Waals surface area contributed by atoms with Gasteiger partial charge < -0.3 is 34.6 Å². The maximum atomic E-state index is 14.1. The SMILES string of the molecule is Cc1c(Nc2ncnc3cc(OCCCN4CCN(C(=O)c5cnc(N6CCN(C[C@H]7CN(C(=O)O)[C@H](C)CN7Cc7ccccc7)C(C)C6)nc5)CC4)c(S(=O)(=O)C(C)(C)C)cc23)nn(C(=O)OC(C)(C)C)c1C. The highest BCUT2D eigenvalue weighted by Crippen LogP contribution is 2.38. The number of rotatable bonds is 14. The van der Waals surface area contributed by atoms with Gasteiger partial charge in [0.1, 0.15) is 28.4 Å². The molecule has 0 radical (unpaired) electrons. The van der Waals surface area contributed by atoms with Gasteiger partial charge in [0.15, 0.2) is 15.7 Å². The van der Waals surface area contributed by atoms with E-state index in [1.54, 1.807) is 71.8 Å². The molecule has 0 saturated carbocycles. The highest BCUT2D eigenvalue weighted by molar-refractivity contribution is 7.92. The van der Waals surface area contributed by atoms with Gasteiger partial charge in [-0.25, -0.2) is 37.9 Å². The van der Waals surface area contributed by atoms with Crippen LogP contribution in [0.3, 0.4) is 0 Å². The zero-order valence-electron chi connectivity index (χ0n) is 45.0. The Kier molecular flexibility index (Phi) is 16.3. The standard InChI is InChI=1S/C53H73N13O8S/c1-35-29-63(23-22-62(35)32-41-33-65(50(68)69)36(2)30-64(41)31-39-15-12-11-13-16-39)49-54-27-40(28-55-49)48(67)61-20-18-60(19-21-61)17-14-24-73-44-26-43-42(25-45(44)75(71,72)53(8,9)10)47(57-34-56-43)58-46-37(3)38(4)66(59-46)51(70)74-52(5,6)7/h11-13,15-16,25-28,34-36,41H,14,17-24,29-33H2,1-10H3,(H,68,69)(H,56,57,58,59)/t35?,36-,41+/m1/s1. The molecule has 8 rings (SSSR count). The van der Waals surface area contributed by atoms with Gasteiger partial charge in [0, 0.05) is 126 Å². The fraction of sp³-hybridized carbons (Fsp3) is 0.547. The molecule has 6 heterocycles. The Morgan fingerprint density at radius 1 is 0.827 bits per heavy atom. The molecule has 0 aliphatic carbocycles. The Labute approximate surface area is 440 Å². The number of nitrogens with one attached hydrogen (secondary N) is 1. The molecule has 21 nitrogen and oxygen atoms in total. The van der Waals surface area contributed by atoms with Crippen LogP contribution in [0.15, 0.2) is 66.1 Å². The van der Waals surface area contributed by atoms with Crippen LogP contribution in [0.2, 0.25) is 0 Å². The van der Waals surface area contributed by atoms with Crippen molar-refractivity contribution in [3.05, 3.63) is 83.6 Å². The second kappa shape index (κ2) is 22.4. The summed E-state index contributed by atoms with van der Waals surface area (Å²) in [5.74, 6) is 1.31. The van der Waals surface area contributed by atoms with E-state index < -0.39 is 32.4 Å². The predicted molar refractivity (Wildman–Crippen MR) is 286 cm³/mol. The van der Waals surface area contributed by atoms with Crippen molar-refractivity contribution >= 4 is 56.4 Å². The van der Waals surface area contributed by atoms with E-state index in [-0.39, 0.29) is 41.3 Å². The lowest BCUT2D eigenvalue weighted by atomic mass is 10.0. The number of carbonyl (C=O) groups excluding carboxylic acids is 2. The summed E-state index contributed by atoms with van der Waals surface area (Å²) in [6, 6.07) is 13.6. The third kappa shape index (κ3) is 12.6. The van der Waals surface area contributed by atoms with Crippen LogP contribution in [-0.4, -0.2) is 193 Å². The van der Waals surface area contributed by atoms with Gasteiger partial charge in [-0.05, 0) is 87.3 Å². The lowest BCUT2D eigenvalue weighted by molar-refractivity contribution is 0.0118. The summed E-state index contributed by atoms with van der Waals surface area (Å²) >= 11 is 0. The van der Waals surface area contributed by atoms with Gasteiger partial charge in [-0.15, -0.1) is 5.10 Å². The van der Waals surface area contributed by atoms with Crippen LogP contribution >= 0.6 is 0 Å². The monoisotopic (exact) mass is 1050 g/mol. The van der Waals surface area contributed by atoms with Gasteiger partial charge >= 0.3 is 12.2 Å². The van der Waals surface area contributed by atoms with Crippen LogP contribution in [0.4, 0.5) is 27.2 Å². The molecule has 404 valence electrons. The Hall–Kier alpha value is -6.49. The minimum absolute atomic E-state index is 0.0113. The Bertz CT molecular complexity index is 2950. The number of sulfone groups is 1. The summed E-state index contributed by atoms with van der Waals surface area (Å²) < 4.78 is 40.1. The summed E-state index contributed by atoms with van der Waals surface area (Å²) in [6.07, 6.45) is 3.71. The second-order valence-electron chi connectivity index (χ2n) is 22.0. The number of anilines is 3. The molecule has 3 fully saturated rings. The third-order valence-electron chi connectivity index (χ3n) is 14.4. The van der Waals surface area contributed by atoms with Crippen LogP contribution < -0.4 is 15.0 Å². The van der Waals surface area contributed by atoms with E-state index in [9.17, 15) is 27.9 Å². The van der Waals surface area contributed by atoms with E-state index in [4.69, 9.17) is 9.47 Å². The first-order chi connectivity index (χ1) is 35.5. The minimum Gasteiger partial charge on any atom is -0.492 e. The predicted octanol–water partition coefficient (Wildman–Crippen LogP) is 6.32. The fourth-order valence-electron chi connectivity index (χ4n) is 9.81. The van der Waals surface area contributed by atoms with Crippen LogP contribution in [0.25, 0.3) is 10.9 Å². The van der Waals surface area contributed by atoms with Gasteiger partial charge in [0.05, 0.1) is 28.1 Å². The summed E-state index contributed by atoms with van der Waals surface area (Å²) in [7, 11) is -3.92. The van der Waals surface area contributed by atoms with Gasteiger partial charge in [-0.3, -0.25) is 19.5 Å². The van der Waals surface area contributed by atoms with Crippen molar-refractivity contribution in [2.45, 2.75) is 116 Å². The molecule has 5 aromatic rings. The molecule has 2 aromatic carbocycles. The molecule has 75 heavy (non-hydrogen) atoms. The van der Waals surface area contributed by atoms with Gasteiger partial charge in [-0.1, -0.05) is 30.3 Å². The summed E-state index contributed by atoms with van der Waals surface area (Å²) in [6.45, 7) is 26.1. The van der Waals surface area contributed by atoms with Crippen LogP contribution in [-0.2, 0) is 21.1 Å². The Morgan fingerprint density at radius 3 is 2.19 bits per heavy atom. The number of aromatic nitrogens is 6. The molecule has 3 aliphatic heterocycles. The number of nitrogens with zero attached hydrogens (tertiary/aromatic N) is 12. The number of hydrogen-bond donors (Lipinski definition) is 2. The number of amides is 2. The molecular formula is C53H73N13O8S. The molecule has 1 unspecified atom stereocenters. The van der Waals surface area contributed by atoms with E-state index >= 15 is 0 Å². The first-order valence-corrected chi connectivity index (χ1v) is 27.3. The molecule has 22 heteroatoms. The minimum atomic E-state index is -3.92. The zero-order chi connectivity index (χ0) is 54.0. The van der Waals surface area contributed by atoms with Crippen LogP contribution in [0, 0.1) is 13.8 Å². The number of carboxylic acid groups (broad SMARTS) is 1. The molecule has 0 spiro atoms. The molecule has 2 amide bonds. The van der Waals surface area contributed by atoms with Gasteiger partial charge in [0.2, 0.25) is 5.95 Å². The highest BCUT2D eigenvalue weighted by atomic mass is 32.2. The quantitative estimate of drug-likeness (QED) is 0.116. The van der Waals surface area contributed by atoms with Gasteiger partial charge in [-0.2, -0.15) is 4.68 Å². The average Bonchev–Trinajstić information content (AvgIpc) is 3.65. The van der Waals surface area contributed by atoms with E-state index in [0.29, 0.717) is 111 Å². The van der Waals surface area contributed by atoms with Crippen molar-refractivity contribution in [3.63, 3.8) is 0 Å². The molecule has 3 atom stereocenters. The molecule has 3 aliphatic rings. The lowest BCUT2D eigenvalue weighted by Crippen LogP contribution is -2.63. The van der Waals surface area contributed by atoms with Crippen molar-refractivity contribution in [1.29, 1.82) is 0 Å². The topological polar surface area (TPSA) is 225 Å². The Balaban J connectivity index is 0.833. The molecule has 0 bridgehead atoms. The summed E-state index contributed by atoms with van der Waals surface area (Å²) in [5, 5.41) is 18.1. The number of carbonyl (C=O) groups is 3. The maximum Gasteiger partial charge on any atom is 0.435 e. The average molecular weight is 1050 g/mol. The zero-order valence-corrected chi connectivity index (χ0v) is 45.8. The fourth-order valence-corrected chi connectivity index (χ4v) is 11.1. The number of fused-ring (bicyclic) bond motifs is 1.